The number of aryl methyl sites for hydroxylation is 1. The summed E-state index contributed by atoms with van der Waals surface area (Å²) in [7, 11) is 1.70. The van der Waals surface area contributed by atoms with E-state index in [1.165, 1.54) is 0 Å². The first kappa shape index (κ1) is 17.6. The van der Waals surface area contributed by atoms with E-state index in [1.54, 1.807) is 33.1 Å². The first-order valence-corrected chi connectivity index (χ1v) is 7.73. The zero-order chi connectivity index (χ0) is 15.4. The molecular formula is C15H24BO3S. The van der Waals surface area contributed by atoms with Crippen molar-refractivity contribution in [3.8, 4) is 0 Å². The number of benzene rings is 1. The normalized spacial score (nSPS) is 12.6. The summed E-state index contributed by atoms with van der Waals surface area (Å²) in [6, 6.07) is 6.09. The van der Waals surface area contributed by atoms with Crippen molar-refractivity contribution in [3.05, 3.63) is 23.8 Å². The summed E-state index contributed by atoms with van der Waals surface area (Å²) in [6.07, 6.45) is 0. The average molecular weight is 295 g/mol. The molecule has 0 atom stereocenters. The van der Waals surface area contributed by atoms with Crippen molar-refractivity contribution in [3.63, 3.8) is 0 Å². The molecule has 0 spiro atoms. The minimum absolute atomic E-state index is 0.181. The van der Waals surface area contributed by atoms with E-state index >= 15 is 0 Å². The van der Waals surface area contributed by atoms with Crippen LogP contribution in [0, 0.1) is 6.92 Å². The monoisotopic (exact) mass is 295 g/mol. The van der Waals surface area contributed by atoms with E-state index in [-0.39, 0.29) is 6.61 Å². The van der Waals surface area contributed by atoms with Crippen LogP contribution < -0.4 is 5.46 Å². The van der Waals surface area contributed by atoms with Crippen molar-refractivity contribution in [2.24, 2.45) is 0 Å². The molecule has 1 aromatic rings. The number of hydrogen-bond donors (Lipinski definition) is 2. The molecule has 111 valence electrons. The van der Waals surface area contributed by atoms with Crippen LogP contribution in [0.5, 0.6) is 0 Å². The maximum absolute atomic E-state index is 10.1. The Balaban J connectivity index is 2.70. The second kappa shape index (κ2) is 6.99. The van der Waals surface area contributed by atoms with Crippen molar-refractivity contribution >= 4 is 24.7 Å². The van der Waals surface area contributed by atoms with Crippen LogP contribution in [0.1, 0.15) is 33.3 Å². The second-order valence-corrected chi connectivity index (χ2v) is 7.06. The minimum Gasteiger partial charge on any atom is -0.427 e. The van der Waals surface area contributed by atoms with E-state index in [2.05, 4.69) is 6.07 Å². The van der Waals surface area contributed by atoms with Gasteiger partial charge in [0.2, 0.25) is 0 Å². The minimum atomic E-state index is -0.922. The Morgan fingerprint density at radius 3 is 2.40 bits per heavy atom. The highest BCUT2D eigenvalue weighted by atomic mass is 32.2. The number of thioether (sulfide) groups is 1. The largest absolute Gasteiger partial charge is 0.427 e. The van der Waals surface area contributed by atoms with Crippen molar-refractivity contribution in [2.45, 2.75) is 50.7 Å². The highest BCUT2D eigenvalue weighted by Crippen LogP contribution is 2.24. The standard InChI is InChI=1S/C15H24BO3S/c1-11-10-12(20-9-8-17)6-7-13(11)16-19-15(4,5)14(2,3)18/h6-7,10,17-18H,8-9H2,1-5H3. The van der Waals surface area contributed by atoms with Gasteiger partial charge >= 0.3 is 7.48 Å². The highest BCUT2D eigenvalue weighted by molar-refractivity contribution is 7.99. The molecule has 0 heterocycles. The van der Waals surface area contributed by atoms with Crippen LogP contribution in [0.2, 0.25) is 0 Å². The smallest absolute Gasteiger partial charge is 0.331 e. The summed E-state index contributed by atoms with van der Waals surface area (Å²) in [5.41, 5.74) is 0.521. The molecule has 0 bridgehead atoms. The van der Waals surface area contributed by atoms with Gasteiger partial charge in [-0.2, -0.15) is 0 Å². The van der Waals surface area contributed by atoms with Gasteiger partial charge in [-0.05, 0) is 46.8 Å². The first-order chi connectivity index (χ1) is 9.17. The van der Waals surface area contributed by atoms with E-state index < -0.39 is 11.2 Å². The fourth-order valence-electron chi connectivity index (χ4n) is 1.39. The molecule has 1 radical (unpaired) electrons. The van der Waals surface area contributed by atoms with Gasteiger partial charge in [0.25, 0.3) is 0 Å². The van der Waals surface area contributed by atoms with Gasteiger partial charge in [-0.3, -0.25) is 0 Å². The van der Waals surface area contributed by atoms with Gasteiger partial charge in [0.15, 0.2) is 0 Å². The molecule has 3 nitrogen and oxygen atoms in total. The zero-order valence-electron chi connectivity index (χ0n) is 12.9. The molecule has 0 aliphatic rings. The first-order valence-electron chi connectivity index (χ1n) is 6.75. The van der Waals surface area contributed by atoms with Gasteiger partial charge < -0.3 is 14.9 Å². The molecule has 2 N–H and O–H groups in total. The Hall–Kier alpha value is -0.485. The molecular weight excluding hydrogens is 271 g/mol. The van der Waals surface area contributed by atoms with Crippen molar-refractivity contribution < 1.29 is 14.9 Å². The summed E-state index contributed by atoms with van der Waals surface area (Å²) in [5, 5.41) is 18.9. The lowest BCUT2D eigenvalue weighted by Crippen LogP contribution is -2.49. The van der Waals surface area contributed by atoms with Gasteiger partial charge in [-0.15, -0.1) is 11.8 Å². The predicted molar refractivity (Wildman–Crippen MR) is 85.8 cm³/mol. The van der Waals surface area contributed by atoms with E-state index in [9.17, 15) is 5.11 Å². The Kier molecular flexibility index (Phi) is 6.14. The molecule has 5 heteroatoms. The van der Waals surface area contributed by atoms with Crippen LogP contribution in [0.15, 0.2) is 23.1 Å². The van der Waals surface area contributed by atoms with Crippen molar-refractivity contribution in [1.29, 1.82) is 0 Å². The maximum atomic E-state index is 10.1. The predicted octanol–water partition coefficient (Wildman–Crippen LogP) is 1.89. The third-order valence-electron chi connectivity index (χ3n) is 3.56. The molecule has 0 aliphatic carbocycles. The van der Waals surface area contributed by atoms with Crippen molar-refractivity contribution in [1.82, 2.24) is 0 Å². The Labute approximate surface area is 127 Å². The summed E-state index contributed by atoms with van der Waals surface area (Å²) >= 11 is 1.63. The number of hydrogen-bond acceptors (Lipinski definition) is 4. The molecule has 0 fully saturated rings. The Morgan fingerprint density at radius 1 is 1.25 bits per heavy atom. The third-order valence-corrected chi connectivity index (χ3v) is 4.53. The third kappa shape index (κ3) is 4.81. The van der Waals surface area contributed by atoms with Crippen LogP contribution in [0.3, 0.4) is 0 Å². The van der Waals surface area contributed by atoms with Crippen molar-refractivity contribution in [2.75, 3.05) is 12.4 Å². The molecule has 0 amide bonds. The topological polar surface area (TPSA) is 49.7 Å². The Morgan fingerprint density at radius 2 is 1.90 bits per heavy atom. The van der Waals surface area contributed by atoms with E-state index in [0.717, 1.165) is 15.9 Å². The van der Waals surface area contributed by atoms with Crippen LogP contribution in [0.25, 0.3) is 0 Å². The van der Waals surface area contributed by atoms with Crippen LogP contribution in [0.4, 0.5) is 0 Å². The zero-order valence-corrected chi connectivity index (χ0v) is 13.8. The fraction of sp³-hybridized carbons (Fsp3) is 0.600. The summed E-state index contributed by atoms with van der Waals surface area (Å²) in [6.45, 7) is 9.41. The van der Waals surface area contributed by atoms with Crippen LogP contribution >= 0.6 is 11.8 Å². The summed E-state index contributed by atoms with van der Waals surface area (Å²) in [5.74, 6) is 0.699. The SMILES string of the molecule is Cc1cc(SCCO)ccc1[B]OC(C)(C)C(C)(C)O. The fourth-order valence-corrected chi connectivity index (χ4v) is 2.14. The molecule has 20 heavy (non-hydrogen) atoms. The van der Waals surface area contributed by atoms with E-state index in [4.69, 9.17) is 9.76 Å². The molecule has 0 saturated heterocycles. The number of rotatable bonds is 7. The van der Waals surface area contributed by atoms with Gasteiger partial charge in [0.1, 0.15) is 0 Å². The van der Waals surface area contributed by atoms with Gasteiger partial charge in [-0.25, -0.2) is 0 Å². The molecule has 0 unspecified atom stereocenters. The lowest BCUT2D eigenvalue weighted by atomic mass is 9.80. The van der Waals surface area contributed by atoms with Gasteiger partial charge in [-0.1, -0.05) is 17.1 Å². The van der Waals surface area contributed by atoms with E-state index in [0.29, 0.717) is 5.75 Å². The number of aliphatic hydroxyl groups excluding tert-OH is 1. The Bertz CT molecular complexity index is 441. The lowest BCUT2D eigenvalue weighted by Gasteiger charge is -2.37. The molecule has 0 saturated carbocycles. The molecule has 1 rings (SSSR count). The highest BCUT2D eigenvalue weighted by Gasteiger charge is 2.35. The summed E-state index contributed by atoms with van der Waals surface area (Å²) < 4.78 is 5.76. The molecule has 0 aliphatic heterocycles. The van der Waals surface area contributed by atoms with Gasteiger partial charge in [0, 0.05) is 10.6 Å². The van der Waals surface area contributed by atoms with Crippen LogP contribution in [-0.2, 0) is 4.65 Å². The molecule has 1 aromatic carbocycles. The quantitative estimate of drug-likeness (QED) is 0.596. The van der Waals surface area contributed by atoms with E-state index in [1.807, 2.05) is 32.9 Å². The lowest BCUT2D eigenvalue weighted by molar-refractivity contribution is -0.0893. The summed E-state index contributed by atoms with van der Waals surface area (Å²) in [4.78, 5) is 1.13. The number of aliphatic hydroxyl groups is 2. The average Bonchev–Trinajstić information content (AvgIpc) is 2.33. The van der Waals surface area contributed by atoms with Gasteiger partial charge in [0.05, 0.1) is 17.8 Å². The van der Waals surface area contributed by atoms with Crippen LogP contribution in [-0.4, -0.2) is 41.3 Å². The maximum Gasteiger partial charge on any atom is 0.331 e. The molecule has 0 aromatic heterocycles. The second-order valence-electron chi connectivity index (χ2n) is 5.90.